The van der Waals surface area contributed by atoms with E-state index >= 15 is 0 Å². The van der Waals surface area contributed by atoms with E-state index in [9.17, 15) is 9.59 Å². The van der Waals surface area contributed by atoms with Gasteiger partial charge in [0.2, 0.25) is 11.8 Å². The Balaban J connectivity index is 2.79. The first kappa shape index (κ1) is 13.1. The Morgan fingerprint density at radius 2 is 1.68 bits per heavy atom. The predicted octanol–water partition coefficient (Wildman–Crippen LogP) is 2.16. The van der Waals surface area contributed by atoms with Gasteiger partial charge in [-0.1, -0.05) is 26.0 Å². The molecule has 4 N–H and O–H groups in total. The van der Waals surface area contributed by atoms with Crippen molar-refractivity contribution in [2.24, 2.45) is 11.5 Å². The zero-order chi connectivity index (χ0) is 14.2. The Morgan fingerprint density at radius 3 is 2.21 bits per heavy atom. The van der Waals surface area contributed by atoms with Crippen LogP contribution in [0.1, 0.15) is 46.0 Å². The van der Waals surface area contributed by atoms with E-state index in [4.69, 9.17) is 11.5 Å². The highest BCUT2D eigenvalue weighted by molar-refractivity contribution is 6.03. The molecule has 98 valence electrons. The Kier molecular flexibility index (Phi) is 3.25. The molecule has 0 radical (unpaired) electrons. The van der Waals surface area contributed by atoms with Gasteiger partial charge in [0.05, 0.1) is 0 Å². The summed E-state index contributed by atoms with van der Waals surface area (Å²) in [7, 11) is 0. The smallest absolute Gasteiger partial charge is 0.249 e. The lowest BCUT2D eigenvalue weighted by Crippen LogP contribution is -2.15. The molecule has 2 aromatic carbocycles. The van der Waals surface area contributed by atoms with Crippen molar-refractivity contribution in [2.45, 2.75) is 19.8 Å². The van der Waals surface area contributed by atoms with Crippen LogP contribution in [0.4, 0.5) is 0 Å². The fourth-order valence-corrected chi connectivity index (χ4v) is 2.34. The fraction of sp³-hybridized carbons (Fsp3) is 0.200. The van der Waals surface area contributed by atoms with E-state index in [2.05, 4.69) is 0 Å². The summed E-state index contributed by atoms with van der Waals surface area (Å²) in [5.74, 6) is -0.748. The summed E-state index contributed by atoms with van der Waals surface area (Å²) in [4.78, 5) is 22.7. The molecule has 19 heavy (non-hydrogen) atoms. The Labute approximate surface area is 111 Å². The molecule has 0 atom stereocenters. The first-order valence-corrected chi connectivity index (χ1v) is 6.08. The largest absolute Gasteiger partial charge is 0.366 e. The summed E-state index contributed by atoms with van der Waals surface area (Å²) in [6.45, 7) is 4.01. The van der Waals surface area contributed by atoms with Crippen molar-refractivity contribution >= 4 is 22.6 Å². The summed E-state index contributed by atoms with van der Waals surface area (Å²) < 4.78 is 0. The molecule has 4 nitrogen and oxygen atoms in total. The van der Waals surface area contributed by atoms with E-state index in [0.717, 1.165) is 16.3 Å². The molecule has 0 bridgehead atoms. The van der Waals surface area contributed by atoms with Gasteiger partial charge in [0.1, 0.15) is 0 Å². The number of hydrogen-bond acceptors (Lipinski definition) is 2. The zero-order valence-electron chi connectivity index (χ0n) is 10.9. The summed E-state index contributed by atoms with van der Waals surface area (Å²) in [5, 5.41) is 1.81. The van der Waals surface area contributed by atoms with Gasteiger partial charge in [-0.25, -0.2) is 0 Å². The number of benzene rings is 2. The second-order valence-corrected chi connectivity index (χ2v) is 4.85. The number of amides is 2. The van der Waals surface area contributed by atoms with Gasteiger partial charge >= 0.3 is 0 Å². The molecule has 2 rings (SSSR count). The van der Waals surface area contributed by atoms with Crippen LogP contribution in [0, 0.1) is 0 Å². The zero-order valence-corrected chi connectivity index (χ0v) is 10.9. The molecule has 0 aliphatic heterocycles. The maximum atomic E-state index is 11.5. The van der Waals surface area contributed by atoms with Crippen molar-refractivity contribution in [1.82, 2.24) is 0 Å². The molecule has 0 aliphatic rings. The molecule has 0 saturated heterocycles. The average molecular weight is 256 g/mol. The number of carbonyl (C=O) groups is 2. The second kappa shape index (κ2) is 4.72. The van der Waals surface area contributed by atoms with Crippen LogP contribution in [-0.2, 0) is 0 Å². The van der Waals surface area contributed by atoms with Crippen LogP contribution in [0.5, 0.6) is 0 Å². The summed E-state index contributed by atoms with van der Waals surface area (Å²) >= 11 is 0. The van der Waals surface area contributed by atoms with Crippen molar-refractivity contribution in [3.8, 4) is 0 Å². The number of hydrogen-bond donors (Lipinski definition) is 2. The summed E-state index contributed by atoms with van der Waals surface area (Å²) in [5.41, 5.74) is 12.6. The highest BCUT2D eigenvalue weighted by atomic mass is 16.1. The van der Waals surface area contributed by atoms with Crippen LogP contribution < -0.4 is 11.5 Å². The SMILES string of the molecule is CC(C)c1c(C(N)=O)ccc2cc(C(N)=O)ccc12. The van der Waals surface area contributed by atoms with Gasteiger partial charge < -0.3 is 11.5 Å². The Bertz CT molecular complexity index is 675. The minimum Gasteiger partial charge on any atom is -0.366 e. The molecule has 2 amide bonds. The number of carbonyl (C=O) groups excluding carboxylic acids is 2. The fourth-order valence-electron chi connectivity index (χ4n) is 2.34. The maximum absolute atomic E-state index is 11.5. The third-order valence-electron chi connectivity index (χ3n) is 3.19. The lowest BCUT2D eigenvalue weighted by molar-refractivity contribution is 0.0991. The number of primary amides is 2. The molecule has 0 saturated carbocycles. The highest BCUT2D eigenvalue weighted by Gasteiger charge is 2.15. The lowest BCUT2D eigenvalue weighted by Gasteiger charge is -2.14. The minimum absolute atomic E-state index is 0.158. The molecular formula is C15H16N2O2. The molecule has 4 heteroatoms. The van der Waals surface area contributed by atoms with Gasteiger partial charge in [-0.15, -0.1) is 0 Å². The van der Waals surface area contributed by atoms with Crippen LogP contribution in [0.25, 0.3) is 10.8 Å². The van der Waals surface area contributed by atoms with Gasteiger partial charge in [0.15, 0.2) is 0 Å². The molecule has 0 aliphatic carbocycles. The Hall–Kier alpha value is -2.36. The lowest BCUT2D eigenvalue weighted by atomic mass is 9.90. The Morgan fingerprint density at radius 1 is 1.00 bits per heavy atom. The van der Waals surface area contributed by atoms with Crippen LogP contribution in [0.3, 0.4) is 0 Å². The normalized spacial score (nSPS) is 10.9. The number of rotatable bonds is 3. The van der Waals surface area contributed by atoms with Gasteiger partial charge in [0.25, 0.3) is 0 Å². The van der Waals surface area contributed by atoms with E-state index in [0.29, 0.717) is 11.1 Å². The molecule has 0 fully saturated rings. The molecule has 0 spiro atoms. The molecule has 0 heterocycles. The quantitative estimate of drug-likeness (QED) is 0.881. The van der Waals surface area contributed by atoms with E-state index in [1.165, 1.54) is 0 Å². The van der Waals surface area contributed by atoms with Crippen molar-refractivity contribution in [3.63, 3.8) is 0 Å². The van der Waals surface area contributed by atoms with Crippen molar-refractivity contribution < 1.29 is 9.59 Å². The van der Waals surface area contributed by atoms with Crippen LogP contribution in [0.2, 0.25) is 0 Å². The van der Waals surface area contributed by atoms with Gasteiger partial charge in [0, 0.05) is 11.1 Å². The number of nitrogens with two attached hydrogens (primary N) is 2. The highest BCUT2D eigenvalue weighted by Crippen LogP contribution is 2.29. The van der Waals surface area contributed by atoms with E-state index in [1.807, 2.05) is 19.9 Å². The summed E-state index contributed by atoms with van der Waals surface area (Å²) in [6, 6.07) is 8.70. The third kappa shape index (κ3) is 2.29. The van der Waals surface area contributed by atoms with Crippen LogP contribution >= 0.6 is 0 Å². The average Bonchev–Trinajstić information content (AvgIpc) is 2.35. The van der Waals surface area contributed by atoms with Crippen LogP contribution in [-0.4, -0.2) is 11.8 Å². The van der Waals surface area contributed by atoms with Gasteiger partial charge in [-0.05, 0) is 40.5 Å². The van der Waals surface area contributed by atoms with Gasteiger partial charge in [-0.2, -0.15) is 0 Å². The monoisotopic (exact) mass is 256 g/mol. The topological polar surface area (TPSA) is 86.2 Å². The minimum atomic E-state index is -0.466. The standard InChI is InChI=1S/C15H16N2O2/c1-8(2)13-11-5-4-10(14(16)18)7-9(11)3-6-12(13)15(17)19/h3-8H,1-2H3,(H2,16,18)(H2,17,19). The predicted molar refractivity (Wildman–Crippen MR) is 75.1 cm³/mol. The van der Waals surface area contributed by atoms with Crippen molar-refractivity contribution in [2.75, 3.05) is 0 Å². The maximum Gasteiger partial charge on any atom is 0.249 e. The van der Waals surface area contributed by atoms with E-state index < -0.39 is 11.8 Å². The van der Waals surface area contributed by atoms with Crippen LogP contribution in [0.15, 0.2) is 30.3 Å². The third-order valence-corrected chi connectivity index (χ3v) is 3.19. The molecular weight excluding hydrogens is 240 g/mol. The van der Waals surface area contributed by atoms with E-state index in [-0.39, 0.29) is 5.92 Å². The number of fused-ring (bicyclic) bond motifs is 1. The molecule has 0 aromatic heterocycles. The second-order valence-electron chi connectivity index (χ2n) is 4.85. The van der Waals surface area contributed by atoms with Gasteiger partial charge in [-0.3, -0.25) is 9.59 Å². The van der Waals surface area contributed by atoms with E-state index in [1.54, 1.807) is 24.3 Å². The molecule has 2 aromatic rings. The first-order chi connectivity index (χ1) is 8.91. The summed E-state index contributed by atoms with van der Waals surface area (Å²) in [6.07, 6.45) is 0. The van der Waals surface area contributed by atoms with Crippen molar-refractivity contribution in [3.05, 3.63) is 47.0 Å². The first-order valence-electron chi connectivity index (χ1n) is 6.08. The molecule has 0 unspecified atom stereocenters. The van der Waals surface area contributed by atoms with Crippen molar-refractivity contribution in [1.29, 1.82) is 0 Å².